The molecular weight excluding hydrogens is 592 g/mol. The number of ether oxygens (including phenoxy) is 3. The molecule has 1 fully saturated rings. The van der Waals surface area contributed by atoms with E-state index < -0.39 is 58.1 Å². The predicted molar refractivity (Wildman–Crippen MR) is 162 cm³/mol. The predicted octanol–water partition coefficient (Wildman–Crippen LogP) is 2.45. The summed E-state index contributed by atoms with van der Waals surface area (Å²) in [7, 11) is -4.67. The number of aliphatic hydroxyl groups excluding tert-OH is 4. The third-order valence-electron chi connectivity index (χ3n) is 7.53. The maximum absolute atomic E-state index is 14.0. The van der Waals surface area contributed by atoms with Gasteiger partial charge in [0.25, 0.3) is 0 Å². The number of aliphatic hydroxyl groups is 4. The fourth-order valence-electron chi connectivity index (χ4n) is 4.82. The fraction of sp³-hybridized carbons (Fsp3) is 0.452. The van der Waals surface area contributed by atoms with Crippen molar-refractivity contribution in [2.75, 3.05) is 25.1 Å². The second-order valence-corrected chi connectivity index (χ2v) is 12.5. The lowest BCUT2D eigenvalue weighted by atomic mass is 9.94. The van der Waals surface area contributed by atoms with Crippen molar-refractivity contribution in [2.24, 2.45) is 5.92 Å². The summed E-state index contributed by atoms with van der Waals surface area (Å²) in [5, 5.41) is 43.6. The van der Waals surface area contributed by atoms with Gasteiger partial charge in [-0.3, -0.25) is 0 Å². The molecule has 6 N–H and O–H groups in total. The number of para-hydroxylation sites is 1. The van der Waals surface area contributed by atoms with E-state index in [9.17, 15) is 33.6 Å². The van der Waals surface area contributed by atoms with Crippen LogP contribution in [0.5, 0.6) is 11.5 Å². The van der Waals surface area contributed by atoms with E-state index in [1.54, 1.807) is 30.3 Å². The average molecular weight is 633 g/mol. The van der Waals surface area contributed by atoms with E-state index in [0.29, 0.717) is 18.7 Å². The van der Waals surface area contributed by atoms with Crippen LogP contribution in [0.4, 0.5) is 5.69 Å². The SMILES string of the molecule is CCCCNc1cc(C(=O)OCC2CC=CC=C2C)cc(S(=O)(=O)NC2O[C@H](CO)[C@@H](O)[C@H](O)[C@H]2O)c1Oc1ccccc1. The van der Waals surface area contributed by atoms with Crippen molar-refractivity contribution in [1.82, 2.24) is 4.72 Å². The molecule has 0 radical (unpaired) electrons. The lowest BCUT2D eigenvalue weighted by molar-refractivity contribution is -0.231. The molecule has 1 aliphatic heterocycles. The Balaban J connectivity index is 1.74. The third kappa shape index (κ3) is 8.04. The summed E-state index contributed by atoms with van der Waals surface area (Å²) in [6.45, 7) is 3.73. The molecule has 1 heterocycles. The number of unbranched alkanes of at least 4 members (excludes halogenated alkanes) is 1. The Morgan fingerprint density at radius 3 is 2.52 bits per heavy atom. The van der Waals surface area contributed by atoms with E-state index in [1.807, 2.05) is 32.1 Å². The Kier molecular flexibility index (Phi) is 11.5. The van der Waals surface area contributed by atoms with Gasteiger partial charge in [-0.2, -0.15) is 4.72 Å². The zero-order valence-corrected chi connectivity index (χ0v) is 25.4. The van der Waals surface area contributed by atoms with Crippen molar-refractivity contribution < 1.29 is 47.8 Å². The minimum atomic E-state index is -4.67. The molecule has 1 aliphatic carbocycles. The Bertz CT molecular complexity index is 1440. The van der Waals surface area contributed by atoms with Crippen molar-refractivity contribution in [3.8, 4) is 11.5 Å². The first-order valence-corrected chi connectivity index (χ1v) is 16.0. The van der Waals surface area contributed by atoms with Crippen LogP contribution in [-0.4, -0.2) is 85.2 Å². The summed E-state index contributed by atoms with van der Waals surface area (Å²) in [5.41, 5.74) is 1.20. The maximum atomic E-state index is 14.0. The van der Waals surface area contributed by atoms with Crippen LogP contribution in [-0.2, 0) is 19.5 Å². The molecule has 6 atom stereocenters. The molecule has 44 heavy (non-hydrogen) atoms. The van der Waals surface area contributed by atoms with Crippen LogP contribution in [0.2, 0.25) is 0 Å². The van der Waals surface area contributed by atoms with Gasteiger partial charge in [0.15, 0.2) is 12.0 Å². The minimum absolute atomic E-state index is 0.0113. The molecule has 0 spiro atoms. The number of rotatable bonds is 13. The molecule has 12 nitrogen and oxygen atoms in total. The van der Waals surface area contributed by atoms with E-state index in [0.717, 1.165) is 24.5 Å². The van der Waals surface area contributed by atoms with Gasteiger partial charge in [-0.25, -0.2) is 13.2 Å². The van der Waals surface area contributed by atoms with Gasteiger partial charge in [-0.05, 0) is 44.0 Å². The molecule has 2 aliphatic rings. The van der Waals surface area contributed by atoms with Gasteiger partial charge in [-0.1, -0.05) is 55.3 Å². The number of esters is 1. The van der Waals surface area contributed by atoms with Gasteiger partial charge in [0.1, 0.15) is 35.1 Å². The molecule has 2 aromatic carbocycles. The van der Waals surface area contributed by atoms with Gasteiger partial charge in [0.2, 0.25) is 10.0 Å². The molecule has 0 aromatic heterocycles. The Labute approximate surface area is 257 Å². The number of carbonyl (C=O) groups is 1. The second-order valence-electron chi connectivity index (χ2n) is 10.8. The molecule has 2 aromatic rings. The summed E-state index contributed by atoms with van der Waals surface area (Å²) in [6, 6.07) is 11.0. The third-order valence-corrected chi connectivity index (χ3v) is 8.95. The van der Waals surface area contributed by atoms with Crippen LogP contribution in [0.3, 0.4) is 0 Å². The van der Waals surface area contributed by atoms with Crippen LogP contribution in [0.25, 0.3) is 0 Å². The first-order chi connectivity index (χ1) is 21.1. The quantitative estimate of drug-likeness (QED) is 0.141. The van der Waals surface area contributed by atoms with Crippen LogP contribution < -0.4 is 14.8 Å². The topological polar surface area (TPSA) is 184 Å². The number of hydrogen-bond donors (Lipinski definition) is 6. The van der Waals surface area contributed by atoms with Crippen molar-refractivity contribution >= 4 is 21.7 Å². The van der Waals surface area contributed by atoms with Gasteiger partial charge >= 0.3 is 5.97 Å². The van der Waals surface area contributed by atoms with Crippen LogP contribution in [0, 0.1) is 5.92 Å². The molecule has 13 heteroatoms. The zero-order chi connectivity index (χ0) is 31.9. The number of sulfonamides is 1. The number of benzene rings is 2. The molecule has 240 valence electrons. The summed E-state index contributed by atoms with van der Waals surface area (Å²) >= 11 is 0. The molecule has 0 bridgehead atoms. The van der Waals surface area contributed by atoms with Crippen LogP contribution in [0.15, 0.2) is 71.2 Å². The van der Waals surface area contributed by atoms with Gasteiger partial charge in [0.05, 0.1) is 24.5 Å². The Morgan fingerprint density at radius 1 is 1.09 bits per heavy atom. The summed E-state index contributed by atoms with van der Waals surface area (Å²) in [5.74, 6) is -0.570. The minimum Gasteiger partial charge on any atom is -0.461 e. The second kappa shape index (κ2) is 15.1. The van der Waals surface area contributed by atoms with E-state index in [-0.39, 0.29) is 29.5 Å². The van der Waals surface area contributed by atoms with Crippen molar-refractivity contribution in [1.29, 1.82) is 0 Å². The molecule has 2 unspecified atom stereocenters. The highest BCUT2D eigenvalue weighted by Crippen LogP contribution is 2.38. The van der Waals surface area contributed by atoms with E-state index in [2.05, 4.69) is 10.0 Å². The lowest BCUT2D eigenvalue weighted by Crippen LogP contribution is -2.63. The molecule has 1 saturated heterocycles. The molecule has 4 rings (SSSR count). The van der Waals surface area contributed by atoms with Crippen molar-refractivity contribution in [3.63, 3.8) is 0 Å². The monoisotopic (exact) mass is 632 g/mol. The standard InChI is InChI=1S/C31H40N2O10S/c1-3-4-14-32-23-15-21(31(38)41-18-20-11-9-8-10-19(20)2)16-25(29(23)42-22-12-6-5-7-13-22)44(39,40)33-30-28(37)27(36)26(35)24(17-34)43-30/h5-10,12-13,15-16,20,24,26-28,30,32-37H,3-4,11,14,17-18H2,1-2H3/t20?,24-,26-,27+,28-,30?/m1/s1. The van der Waals surface area contributed by atoms with Gasteiger partial charge in [-0.15, -0.1) is 0 Å². The number of carbonyl (C=O) groups excluding carboxylic acids is 1. The highest BCUT2D eigenvalue weighted by molar-refractivity contribution is 7.89. The maximum Gasteiger partial charge on any atom is 0.338 e. The number of allylic oxidation sites excluding steroid dienone is 3. The summed E-state index contributed by atoms with van der Waals surface area (Å²) in [6.07, 6.45) is -0.318. The molecule has 0 saturated carbocycles. The summed E-state index contributed by atoms with van der Waals surface area (Å²) < 4.78 is 47.2. The Morgan fingerprint density at radius 2 is 1.84 bits per heavy atom. The highest BCUT2D eigenvalue weighted by Gasteiger charge is 2.45. The van der Waals surface area contributed by atoms with Crippen molar-refractivity contribution in [3.05, 3.63) is 71.8 Å². The molecule has 0 amide bonds. The van der Waals surface area contributed by atoms with Crippen LogP contribution in [0.1, 0.15) is 43.5 Å². The number of hydrogen-bond acceptors (Lipinski definition) is 11. The van der Waals surface area contributed by atoms with Crippen molar-refractivity contribution in [2.45, 2.75) is 68.6 Å². The average Bonchev–Trinajstić information content (AvgIpc) is 3.01. The normalized spacial score (nSPS) is 25.3. The highest BCUT2D eigenvalue weighted by atomic mass is 32.2. The number of anilines is 1. The van der Waals surface area contributed by atoms with Gasteiger partial charge < -0.3 is 40.0 Å². The summed E-state index contributed by atoms with van der Waals surface area (Å²) in [4.78, 5) is 12.9. The zero-order valence-electron chi connectivity index (χ0n) is 24.6. The fourth-order valence-corrected chi connectivity index (χ4v) is 6.13. The van der Waals surface area contributed by atoms with E-state index in [4.69, 9.17) is 14.2 Å². The van der Waals surface area contributed by atoms with Crippen LogP contribution >= 0.6 is 0 Å². The first-order valence-electron chi connectivity index (χ1n) is 14.5. The Hall–Kier alpha value is -3.30. The van der Waals surface area contributed by atoms with E-state index >= 15 is 0 Å². The van der Waals surface area contributed by atoms with E-state index in [1.165, 1.54) is 6.07 Å². The largest absolute Gasteiger partial charge is 0.461 e. The molecular formula is C31H40N2O10S. The lowest BCUT2D eigenvalue weighted by Gasteiger charge is -2.40. The van der Waals surface area contributed by atoms with Gasteiger partial charge in [0, 0.05) is 12.5 Å². The number of nitrogens with one attached hydrogen (secondary N) is 2. The smallest absolute Gasteiger partial charge is 0.338 e. The first kappa shape index (κ1) is 33.6.